The zero-order valence-electron chi connectivity index (χ0n) is 15.4. The van der Waals surface area contributed by atoms with Crippen LogP contribution in [0.2, 0.25) is 0 Å². The van der Waals surface area contributed by atoms with Crippen molar-refractivity contribution in [3.63, 3.8) is 0 Å². The molecular weight excluding hydrogens is 318 g/mol. The molecule has 138 valence electrons. The van der Waals surface area contributed by atoms with E-state index in [1.54, 1.807) is 4.90 Å². The van der Waals surface area contributed by atoms with E-state index >= 15 is 0 Å². The van der Waals surface area contributed by atoms with Gasteiger partial charge in [-0.15, -0.1) is 0 Å². The molecule has 1 aromatic rings. The first-order valence-corrected chi connectivity index (χ1v) is 9.13. The SMILES string of the molecule is CCC(=O)N[C@H]1CCCN(C(=O)Nc2cccc(O[C@@H](C)CC)c2)C1. The summed E-state index contributed by atoms with van der Waals surface area (Å²) < 4.78 is 5.79. The summed E-state index contributed by atoms with van der Waals surface area (Å²) in [6, 6.07) is 7.34. The lowest BCUT2D eigenvalue weighted by Crippen LogP contribution is -2.50. The number of nitrogens with zero attached hydrogens (tertiary/aromatic N) is 1. The minimum Gasteiger partial charge on any atom is -0.491 e. The van der Waals surface area contributed by atoms with Crippen molar-refractivity contribution in [1.29, 1.82) is 0 Å². The number of carbonyl (C=O) groups excluding carboxylic acids is 2. The monoisotopic (exact) mass is 347 g/mol. The highest BCUT2D eigenvalue weighted by Crippen LogP contribution is 2.20. The van der Waals surface area contributed by atoms with Crippen molar-refractivity contribution in [2.45, 2.75) is 58.6 Å². The Morgan fingerprint density at radius 3 is 2.88 bits per heavy atom. The lowest BCUT2D eigenvalue weighted by Gasteiger charge is -2.33. The van der Waals surface area contributed by atoms with Gasteiger partial charge in [0.1, 0.15) is 5.75 Å². The number of carbonyl (C=O) groups is 2. The van der Waals surface area contributed by atoms with Crippen molar-refractivity contribution in [2.75, 3.05) is 18.4 Å². The van der Waals surface area contributed by atoms with Crippen molar-refractivity contribution in [3.05, 3.63) is 24.3 Å². The smallest absolute Gasteiger partial charge is 0.321 e. The number of benzene rings is 1. The van der Waals surface area contributed by atoms with Gasteiger partial charge in [-0.1, -0.05) is 19.9 Å². The van der Waals surface area contributed by atoms with E-state index in [2.05, 4.69) is 17.6 Å². The first kappa shape index (κ1) is 19.1. The predicted octanol–water partition coefficient (Wildman–Crippen LogP) is 3.39. The van der Waals surface area contributed by atoms with E-state index in [-0.39, 0.29) is 24.1 Å². The molecule has 0 saturated carbocycles. The highest BCUT2D eigenvalue weighted by Gasteiger charge is 2.24. The van der Waals surface area contributed by atoms with Crippen LogP contribution in [-0.4, -0.2) is 42.1 Å². The van der Waals surface area contributed by atoms with E-state index in [1.165, 1.54) is 0 Å². The van der Waals surface area contributed by atoms with Gasteiger partial charge in [-0.2, -0.15) is 0 Å². The van der Waals surface area contributed by atoms with Gasteiger partial charge in [-0.25, -0.2) is 4.79 Å². The first-order chi connectivity index (χ1) is 12.0. The van der Waals surface area contributed by atoms with Crippen LogP contribution in [0.25, 0.3) is 0 Å². The summed E-state index contributed by atoms with van der Waals surface area (Å²) in [4.78, 5) is 25.8. The predicted molar refractivity (Wildman–Crippen MR) is 98.9 cm³/mol. The molecule has 6 nitrogen and oxygen atoms in total. The molecule has 0 bridgehead atoms. The van der Waals surface area contributed by atoms with Crippen LogP contribution >= 0.6 is 0 Å². The molecule has 1 fully saturated rings. The van der Waals surface area contributed by atoms with Crippen LogP contribution in [0.4, 0.5) is 10.5 Å². The maximum Gasteiger partial charge on any atom is 0.321 e. The molecule has 1 aliphatic heterocycles. The van der Waals surface area contributed by atoms with E-state index in [0.29, 0.717) is 25.2 Å². The molecule has 2 rings (SSSR count). The van der Waals surface area contributed by atoms with Gasteiger partial charge < -0.3 is 20.3 Å². The quantitative estimate of drug-likeness (QED) is 0.829. The van der Waals surface area contributed by atoms with Gasteiger partial charge in [0.05, 0.1) is 6.10 Å². The molecule has 2 N–H and O–H groups in total. The number of amides is 3. The van der Waals surface area contributed by atoms with Gasteiger partial charge in [0.15, 0.2) is 0 Å². The van der Waals surface area contributed by atoms with Crippen molar-refractivity contribution in [2.24, 2.45) is 0 Å². The van der Waals surface area contributed by atoms with Gasteiger partial charge in [0.2, 0.25) is 5.91 Å². The Morgan fingerprint density at radius 2 is 2.16 bits per heavy atom. The summed E-state index contributed by atoms with van der Waals surface area (Å²) in [6.07, 6.45) is 3.32. The third kappa shape index (κ3) is 5.96. The zero-order chi connectivity index (χ0) is 18.2. The van der Waals surface area contributed by atoms with Crippen LogP contribution in [0.3, 0.4) is 0 Å². The molecule has 1 saturated heterocycles. The number of likely N-dealkylation sites (tertiary alicyclic amines) is 1. The normalized spacial score (nSPS) is 18.4. The molecule has 6 heteroatoms. The van der Waals surface area contributed by atoms with Crippen LogP contribution in [0.5, 0.6) is 5.75 Å². The Hall–Kier alpha value is -2.24. The van der Waals surface area contributed by atoms with Crippen LogP contribution in [0.1, 0.15) is 46.5 Å². The second kappa shape index (κ2) is 9.30. The summed E-state index contributed by atoms with van der Waals surface area (Å²) >= 11 is 0. The Bertz CT molecular complexity index is 591. The summed E-state index contributed by atoms with van der Waals surface area (Å²) in [5, 5.41) is 5.90. The maximum atomic E-state index is 12.5. The number of nitrogens with one attached hydrogen (secondary N) is 2. The van der Waals surface area contributed by atoms with Crippen LogP contribution < -0.4 is 15.4 Å². The van der Waals surface area contributed by atoms with Crippen LogP contribution in [0, 0.1) is 0 Å². The molecule has 0 radical (unpaired) electrons. The topological polar surface area (TPSA) is 70.7 Å². The molecule has 2 atom stereocenters. The lowest BCUT2D eigenvalue weighted by molar-refractivity contribution is -0.121. The van der Waals surface area contributed by atoms with Crippen LogP contribution in [-0.2, 0) is 4.79 Å². The van der Waals surface area contributed by atoms with Gasteiger partial charge in [0, 0.05) is 37.3 Å². The number of hydrogen-bond acceptors (Lipinski definition) is 3. The number of anilines is 1. The fourth-order valence-corrected chi connectivity index (χ4v) is 2.77. The van der Waals surface area contributed by atoms with Gasteiger partial charge in [0.25, 0.3) is 0 Å². The third-order valence-electron chi connectivity index (χ3n) is 4.39. The van der Waals surface area contributed by atoms with Crippen molar-refractivity contribution >= 4 is 17.6 Å². The minimum atomic E-state index is -0.142. The first-order valence-electron chi connectivity index (χ1n) is 9.13. The van der Waals surface area contributed by atoms with E-state index in [1.807, 2.05) is 38.1 Å². The molecule has 3 amide bonds. The van der Waals surface area contributed by atoms with Crippen LogP contribution in [0.15, 0.2) is 24.3 Å². The van der Waals surface area contributed by atoms with E-state index in [0.717, 1.165) is 25.0 Å². The molecule has 25 heavy (non-hydrogen) atoms. The molecule has 1 aromatic carbocycles. The lowest BCUT2D eigenvalue weighted by atomic mass is 10.1. The average Bonchev–Trinajstić information content (AvgIpc) is 2.62. The Labute approximate surface area is 149 Å². The standard InChI is InChI=1S/C19H29N3O3/c1-4-14(3)25-17-10-6-8-15(12-17)21-19(24)22-11-7-9-16(13-22)20-18(23)5-2/h6,8,10,12,14,16H,4-5,7,9,11,13H2,1-3H3,(H,20,23)(H,21,24)/t14-,16-/m0/s1. The van der Waals surface area contributed by atoms with Crippen molar-refractivity contribution < 1.29 is 14.3 Å². The molecule has 0 spiro atoms. The van der Waals surface area contributed by atoms with Gasteiger partial charge in [-0.05, 0) is 38.3 Å². The number of urea groups is 1. The summed E-state index contributed by atoms with van der Waals surface area (Å²) in [5.74, 6) is 0.779. The number of rotatable bonds is 6. The highest BCUT2D eigenvalue weighted by molar-refractivity contribution is 5.89. The summed E-state index contributed by atoms with van der Waals surface area (Å²) in [7, 11) is 0. The Kier molecular flexibility index (Phi) is 7.10. The van der Waals surface area contributed by atoms with E-state index in [9.17, 15) is 9.59 Å². The molecular formula is C19H29N3O3. The third-order valence-corrected chi connectivity index (χ3v) is 4.39. The van der Waals surface area contributed by atoms with E-state index < -0.39 is 0 Å². The van der Waals surface area contributed by atoms with Gasteiger partial charge in [-0.3, -0.25) is 4.79 Å². The Morgan fingerprint density at radius 1 is 1.36 bits per heavy atom. The van der Waals surface area contributed by atoms with Crippen molar-refractivity contribution in [3.8, 4) is 5.75 Å². The van der Waals surface area contributed by atoms with E-state index in [4.69, 9.17) is 4.74 Å². The second-order valence-corrected chi connectivity index (χ2v) is 6.50. The fourth-order valence-electron chi connectivity index (χ4n) is 2.77. The largest absolute Gasteiger partial charge is 0.491 e. The number of ether oxygens (including phenoxy) is 1. The zero-order valence-corrected chi connectivity index (χ0v) is 15.4. The molecule has 1 heterocycles. The minimum absolute atomic E-state index is 0.0298. The maximum absolute atomic E-state index is 12.5. The van der Waals surface area contributed by atoms with Gasteiger partial charge >= 0.3 is 6.03 Å². The highest BCUT2D eigenvalue weighted by atomic mass is 16.5. The number of hydrogen-bond donors (Lipinski definition) is 2. The average molecular weight is 347 g/mol. The van der Waals surface area contributed by atoms with Crippen molar-refractivity contribution in [1.82, 2.24) is 10.2 Å². The molecule has 0 unspecified atom stereocenters. The molecule has 0 aromatic heterocycles. The Balaban J connectivity index is 1.92. The molecule has 0 aliphatic carbocycles. The summed E-state index contributed by atoms with van der Waals surface area (Å²) in [5.41, 5.74) is 0.713. The second-order valence-electron chi connectivity index (χ2n) is 6.50. The number of piperidine rings is 1. The summed E-state index contributed by atoms with van der Waals surface area (Å²) in [6.45, 7) is 7.16. The fraction of sp³-hybridized carbons (Fsp3) is 0.579. The molecule has 1 aliphatic rings.